The summed E-state index contributed by atoms with van der Waals surface area (Å²) in [5.74, 6) is -0.234. The Morgan fingerprint density at radius 1 is 1.38 bits per heavy atom. The molecule has 0 aliphatic carbocycles. The third kappa shape index (κ3) is 6.64. The van der Waals surface area contributed by atoms with Crippen LogP contribution in [0.3, 0.4) is 0 Å². The molecule has 32 heavy (non-hydrogen) atoms. The molecule has 3 heterocycles. The Morgan fingerprint density at radius 3 is 2.81 bits per heavy atom. The molecule has 0 bridgehead atoms. The number of nitrogen functional groups attached to an aromatic ring is 1. The van der Waals surface area contributed by atoms with Gasteiger partial charge in [0.25, 0.3) is 7.52 Å². The first-order valence-corrected chi connectivity index (χ1v) is 12.3. The Kier molecular flexibility index (Phi) is 9.90. The predicted molar refractivity (Wildman–Crippen MR) is 126 cm³/mol. The van der Waals surface area contributed by atoms with Gasteiger partial charge in [-0.25, -0.2) is 20.0 Å². The third-order valence-corrected chi connectivity index (χ3v) is 6.75. The average Bonchev–Trinajstić information content (AvgIpc) is 3.15. The van der Waals surface area contributed by atoms with Gasteiger partial charge in [-0.15, -0.1) is 0 Å². The van der Waals surface area contributed by atoms with E-state index in [2.05, 4.69) is 27.0 Å². The molecule has 0 radical (unpaired) electrons. The first kappa shape index (κ1) is 26.5. The van der Waals surface area contributed by atoms with Gasteiger partial charge >= 0.3 is 5.97 Å². The van der Waals surface area contributed by atoms with Crippen LogP contribution in [0.1, 0.15) is 40.0 Å². The highest BCUT2D eigenvalue weighted by Gasteiger charge is 2.38. The number of fused-ring (bicyclic) bond motifs is 1. The van der Waals surface area contributed by atoms with Crippen LogP contribution < -0.4 is 10.8 Å². The number of nitrogens with zero attached hydrogens (tertiary/aromatic N) is 4. The number of imidazole rings is 1. The van der Waals surface area contributed by atoms with Crippen molar-refractivity contribution in [2.45, 2.75) is 58.7 Å². The molecule has 1 saturated heterocycles. The molecule has 0 amide bonds. The second kappa shape index (κ2) is 11.9. The summed E-state index contributed by atoms with van der Waals surface area (Å²) < 4.78 is 31.7. The number of carbonyl (C=O) groups is 1. The van der Waals surface area contributed by atoms with Crippen LogP contribution in [0.4, 0.5) is 5.82 Å². The van der Waals surface area contributed by atoms with Crippen LogP contribution in [0.2, 0.25) is 0 Å². The van der Waals surface area contributed by atoms with E-state index in [-0.39, 0.29) is 38.5 Å². The van der Waals surface area contributed by atoms with E-state index < -0.39 is 19.5 Å². The Morgan fingerprint density at radius 2 is 2.16 bits per heavy atom. The van der Waals surface area contributed by atoms with Crippen molar-refractivity contribution in [3.8, 4) is 0 Å². The fourth-order valence-corrected chi connectivity index (χ4v) is 5.09. The summed E-state index contributed by atoms with van der Waals surface area (Å²) in [7, 11) is -3.35. The van der Waals surface area contributed by atoms with Crippen LogP contribution in [-0.4, -0.2) is 57.2 Å². The summed E-state index contributed by atoms with van der Waals surface area (Å²) in [5, 5.41) is 2.87. The van der Waals surface area contributed by atoms with Gasteiger partial charge in [-0.3, -0.25) is 9.36 Å². The zero-order chi connectivity index (χ0) is 22.4. The molecule has 0 aromatic carbocycles. The molecule has 0 spiro atoms. The first-order valence-electron chi connectivity index (χ1n) is 10.5. The van der Waals surface area contributed by atoms with Crippen LogP contribution >= 0.6 is 21.0 Å². The molecule has 2 aromatic heterocycles. The zero-order valence-electron chi connectivity index (χ0n) is 18.7. The maximum Gasteiger partial charge on any atom is 0.323 e. The van der Waals surface area contributed by atoms with Crippen LogP contribution in [-0.2, 0) is 29.9 Å². The second-order valence-electron chi connectivity index (χ2n) is 7.94. The highest BCUT2D eigenvalue weighted by Crippen LogP contribution is 2.46. The maximum atomic E-state index is 13.1. The van der Waals surface area contributed by atoms with Crippen molar-refractivity contribution in [2.24, 2.45) is 5.92 Å². The van der Waals surface area contributed by atoms with Gasteiger partial charge < -0.3 is 24.3 Å². The molecule has 1 aliphatic heterocycles. The smallest absolute Gasteiger partial charge is 0.323 e. The standard InChI is InChI=1S/C19H31N6O5P.H2S/c1-4-5-6-7-28-19(26)15(13(2)3)24-31(27)12-29-14(9-30-31)8-25-11-23-16-17(20)21-10-22-18(16)25;/h10-11,13-15H,4-9,12H2,1-3H3,(H,24,27)(H2,20,21,22);1H2/t14-,15-,31?;/m0./s1. The highest BCUT2D eigenvalue weighted by atomic mass is 32.1. The lowest BCUT2D eigenvalue weighted by atomic mass is 10.1. The minimum absolute atomic E-state index is 0. The molecule has 3 N–H and O–H groups in total. The van der Waals surface area contributed by atoms with Crippen LogP contribution in [0, 0.1) is 5.92 Å². The topological polar surface area (TPSA) is 143 Å². The number of nitrogens with one attached hydrogen (secondary N) is 1. The van der Waals surface area contributed by atoms with E-state index in [0.29, 0.717) is 30.1 Å². The van der Waals surface area contributed by atoms with Gasteiger partial charge in [0.1, 0.15) is 30.3 Å². The maximum absolute atomic E-state index is 13.1. The average molecular weight is 489 g/mol. The van der Waals surface area contributed by atoms with Gasteiger partial charge in [0.05, 0.1) is 26.1 Å². The van der Waals surface area contributed by atoms with Crippen LogP contribution in [0.25, 0.3) is 11.2 Å². The van der Waals surface area contributed by atoms with Gasteiger partial charge in [0.15, 0.2) is 11.5 Å². The monoisotopic (exact) mass is 488 g/mol. The fraction of sp³-hybridized carbons (Fsp3) is 0.684. The SMILES string of the molecule is CCCCCOC(=O)[C@@H](NP1(=O)CO[C@@H](Cn2cnc3c(N)ncnc32)CO1)C(C)C.S. The number of rotatable bonds is 10. The normalized spacial score (nSPS) is 21.9. The third-order valence-electron chi connectivity index (χ3n) is 5.03. The molecule has 1 fully saturated rings. The van der Waals surface area contributed by atoms with E-state index in [4.69, 9.17) is 19.7 Å². The lowest BCUT2D eigenvalue weighted by Crippen LogP contribution is -2.43. The number of carbonyl (C=O) groups excluding carboxylic acids is 1. The summed E-state index contributed by atoms with van der Waals surface area (Å²) in [4.78, 5) is 24.8. The van der Waals surface area contributed by atoms with Gasteiger partial charge in [-0.05, 0) is 12.3 Å². The van der Waals surface area contributed by atoms with Crippen molar-refractivity contribution >= 4 is 44.0 Å². The molecule has 3 atom stereocenters. The summed E-state index contributed by atoms with van der Waals surface area (Å²) >= 11 is 0. The summed E-state index contributed by atoms with van der Waals surface area (Å²) in [6, 6.07) is -0.732. The molecule has 0 saturated carbocycles. The lowest BCUT2D eigenvalue weighted by Gasteiger charge is -2.32. The van der Waals surface area contributed by atoms with Crippen molar-refractivity contribution in [2.75, 3.05) is 25.3 Å². The summed E-state index contributed by atoms with van der Waals surface area (Å²) in [6.45, 7) is 6.66. The second-order valence-corrected chi connectivity index (χ2v) is 10.1. The quantitative estimate of drug-likeness (QED) is 0.291. The highest BCUT2D eigenvalue weighted by molar-refractivity contribution is 7.59. The van der Waals surface area contributed by atoms with Crippen molar-refractivity contribution in [3.05, 3.63) is 12.7 Å². The molecule has 2 aromatic rings. The fourth-order valence-electron chi connectivity index (χ4n) is 3.22. The van der Waals surface area contributed by atoms with Gasteiger partial charge in [-0.1, -0.05) is 33.6 Å². The lowest BCUT2D eigenvalue weighted by molar-refractivity contribution is -0.147. The van der Waals surface area contributed by atoms with E-state index in [1.807, 2.05) is 13.8 Å². The molecule has 13 heteroatoms. The molecule has 3 rings (SSSR count). The summed E-state index contributed by atoms with van der Waals surface area (Å²) in [5.41, 5.74) is 6.92. The molecule has 1 unspecified atom stereocenters. The van der Waals surface area contributed by atoms with Crippen LogP contribution in [0.5, 0.6) is 0 Å². The minimum atomic E-state index is -3.35. The van der Waals surface area contributed by atoms with E-state index in [1.165, 1.54) is 6.33 Å². The van der Waals surface area contributed by atoms with Gasteiger partial charge in [0.2, 0.25) is 0 Å². The van der Waals surface area contributed by atoms with Crippen molar-refractivity contribution in [1.29, 1.82) is 0 Å². The predicted octanol–water partition coefficient (Wildman–Crippen LogP) is 2.43. The van der Waals surface area contributed by atoms with Crippen molar-refractivity contribution in [1.82, 2.24) is 24.6 Å². The van der Waals surface area contributed by atoms with E-state index in [1.54, 1.807) is 10.9 Å². The number of anilines is 1. The number of aromatic nitrogens is 4. The van der Waals surface area contributed by atoms with E-state index in [0.717, 1.165) is 19.3 Å². The largest absolute Gasteiger partial charge is 0.465 e. The molecular formula is C19H33N6O5PS. The molecule has 11 nitrogen and oxygen atoms in total. The van der Waals surface area contributed by atoms with Crippen molar-refractivity contribution < 1.29 is 23.4 Å². The zero-order valence-corrected chi connectivity index (χ0v) is 20.6. The van der Waals surface area contributed by atoms with Gasteiger partial charge in [-0.2, -0.15) is 13.5 Å². The number of nitrogens with two attached hydrogens (primary N) is 1. The minimum Gasteiger partial charge on any atom is -0.465 e. The number of esters is 1. The van der Waals surface area contributed by atoms with Crippen molar-refractivity contribution in [3.63, 3.8) is 0 Å². The number of hydrogen-bond acceptors (Lipinski definition) is 9. The number of unbranched alkanes of at least 4 members (excludes halogenated alkanes) is 2. The number of ether oxygens (including phenoxy) is 2. The van der Waals surface area contributed by atoms with E-state index >= 15 is 0 Å². The Balaban J connectivity index is 0.00000363. The van der Waals surface area contributed by atoms with Gasteiger partial charge in [0, 0.05) is 0 Å². The Hall–Kier alpha value is -1.72. The summed E-state index contributed by atoms with van der Waals surface area (Å²) in [6.07, 6.45) is 5.33. The van der Waals surface area contributed by atoms with E-state index in [9.17, 15) is 9.36 Å². The molecule has 1 aliphatic rings. The number of hydrogen-bond donors (Lipinski definition) is 2. The Bertz CT molecular complexity index is 930. The molecular weight excluding hydrogens is 455 g/mol. The van der Waals surface area contributed by atoms with Crippen LogP contribution in [0.15, 0.2) is 12.7 Å². The Labute approximate surface area is 194 Å². The molecule has 180 valence electrons. The first-order chi connectivity index (χ1) is 14.8.